The van der Waals surface area contributed by atoms with Crippen molar-refractivity contribution in [3.05, 3.63) is 35.8 Å². The highest BCUT2D eigenvalue weighted by Gasteiger charge is 2.15. The summed E-state index contributed by atoms with van der Waals surface area (Å²) in [6.45, 7) is 2.23. The van der Waals surface area contributed by atoms with Crippen LogP contribution in [0.25, 0.3) is 11.3 Å². The zero-order valence-corrected chi connectivity index (χ0v) is 9.51. The molecule has 0 saturated heterocycles. The number of hydrogen-bond donors (Lipinski definition) is 1. The van der Waals surface area contributed by atoms with Gasteiger partial charge in [0.2, 0.25) is 5.76 Å². The monoisotopic (exact) mass is 251 g/mol. The van der Waals surface area contributed by atoms with E-state index >= 15 is 0 Å². The molecule has 0 aliphatic carbocycles. The van der Waals surface area contributed by atoms with Crippen LogP contribution in [-0.4, -0.2) is 22.8 Å². The number of carboxylic acid groups (broad SMARTS) is 1. The molecule has 0 bridgehead atoms. The average molecular weight is 251 g/mol. The number of nitrogens with zero attached hydrogens (tertiary/aromatic N) is 1. The summed E-state index contributed by atoms with van der Waals surface area (Å²) in [5.74, 6) is -1.73. The number of carbonyl (C=O) groups is 1. The maximum Gasteiger partial charge on any atom is 0.374 e. The van der Waals surface area contributed by atoms with Crippen LogP contribution in [0.5, 0.6) is 5.75 Å². The summed E-state index contributed by atoms with van der Waals surface area (Å²) in [6, 6.07) is 5.43. The lowest BCUT2D eigenvalue weighted by atomic mass is 10.1. The van der Waals surface area contributed by atoms with Gasteiger partial charge in [-0.15, -0.1) is 0 Å². The SMILES string of the molecule is CCOc1ccc(-c2cc(C(=O)O)on2)c(F)c1. The number of carboxylic acids is 1. The molecule has 0 fully saturated rings. The first-order valence-corrected chi connectivity index (χ1v) is 5.24. The molecule has 1 heterocycles. The highest BCUT2D eigenvalue weighted by molar-refractivity contribution is 5.85. The lowest BCUT2D eigenvalue weighted by molar-refractivity contribution is 0.0652. The predicted molar refractivity (Wildman–Crippen MR) is 60.0 cm³/mol. The highest BCUT2D eigenvalue weighted by atomic mass is 19.1. The summed E-state index contributed by atoms with van der Waals surface area (Å²) in [4.78, 5) is 10.6. The van der Waals surface area contributed by atoms with Crippen LogP contribution in [0.15, 0.2) is 28.8 Å². The van der Waals surface area contributed by atoms with Gasteiger partial charge >= 0.3 is 5.97 Å². The van der Waals surface area contributed by atoms with Crippen molar-refractivity contribution in [3.63, 3.8) is 0 Å². The molecule has 0 atom stereocenters. The number of aromatic nitrogens is 1. The first-order chi connectivity index (χ1) is 8.61. The van der Waals surface area contributed by atoms with E-state index in [4.69, 9.17) is 9.84 Å². The molecule has 1 aromatic heterocycles. The first kappa shape index (κ1) is 12.1. The summed E-state index contributed by atoms with van der Waals surface area (Å²) < 4.78 is 23.5. The number of benzene rings is 1. The molecule has 1 N–H and O–H groups in total. The number of ether oxygens (including phenoxy) is 1. The van der Waals surface area contributed by atoms with Crippen LogP contribution in [0.2, 0.25) is 0 Å². The summed E-state index contributed by atoms with van der Waals surface area (Å²) >= 11 is 0. The summed E-state index contributed by atoms with van der Waals surface area (Å²) in [5, 5.41) is 12.2. The van der Waals surface area contributed by atoms with E-state index in [0.29, 0.717) is 12.4 Å². The smallest absolute Gasteiger partial charge is 0.374 e. The van der Waals surface area contributed by atoms with E-state index in [2.05, 4.69) is 9.68 Å². The van der Waals surface area contributed by atoms with Crippen molar-refractivity contribution in [3.8, 4) is 17.0 Å². The molecule has 5 nitrogen and oxygen atoms in total. The van der Waals surface area contributed by atoms with E-state index in [1.807, 2.05) is 0 Å². The molecule has 94 valence electrons. The number of aromatic carboxylic acids is 1. The largest absolute Gasteiger partial charge is 0.494 e. The molecule has 2 rings (SSSR count). The van der Waals surface area contributed by atoms with Crippen LogP contribution in [0.1, 0.15) is 17.5 Å². The third kappa shape index (κ3) is 2.32. The Bertz CT molecular complexity index is 579. The van der Waals surface area contributed by atoms with Crippen LogP contribution >= 0.6 is 0 Å². The fourth-order valence-corrected chi connectivity index (χ4v) is 1.46. The number of halogens is 1. The van der Waals surface area contributed by atoms with Gasteiger partial charge in [-0.1, -0.05) is 5.16 Å². The maximum absolute atomic E-state index is 13.8. The lowest BCUT2D eigenvalue weighted by Gasteiger charge is -2.04. The van der Waals surface area contributed by atoms with Crippen LogP contribution in [0.4, 0.5) is 4.39 Å². The van der Waals surface area contributed by atoms with Gasteiger partial charge in [0.1, 0.15) is 17.3 Å². The third-order valence-electron chi connectivity index (χ3n) is 2.25. The molecule has 0 radical (unpaired) electrons. The standard InChI is InChI=1S/C12H10FNO4/c1-2-17-7-3-4-8(9(13)5-7)10-6-11(12(15)16)18-14-10/h3-6H,2H2,1H3,(H,15,16). The average Bonchev–Trinajstić information content (AvgIpc) is 2.79. The molecular formula is C12H10FNO4. The van der Waals surface area contributed by atoms with Crippen LogP contribution in [0, 0.1) is 5.82 Å². The van der Waals surface area contributed by atoms with Crippen molar-refractivity contribution in [2.24, 2.45) is 0 Å². The number of hydrogen-bond acceptors (Lipinski definition) is 4. The van der Waals surface area contributed by atoms with E-state index in [9.17, 15) is 9.18 Å². The van der Waals surface area contributed by atoms with Crippen LogP contribution in [0.3, 0.4) is 0 Å². The summed E-state index contributed by atoms with van der Waals surface area (Å²) in [7, 11) is 0. The molecule has 0 saturated carbocycles. The Morgan fingerprint density at radius 1 is 1.50 bits per heavy atom. The molecule has 1 aromatic carbocycles. The fraction of sp³-hybridized carbons (Fsp3) is 0.167. The Hall–Kier alpha value is -2.37. The van der Waals surface area contributed by atoms with Gasteiger partial charge in [0.15, 0.2) is 0 Å². The normalized spacial score (nSPS) is 10.3. The topological polar surface area (TPSA) is 72.6 Å². The molecule has 6 heteroatoms. The molecule has 0 unspecified atom stereocenters. The second kappa shape index (κ2) is 4.87. The van der Waals surface area contributed by atoms with E-state index in [0.717, 1.165) is 0 Å². The highest BCUT2D eigenvalue weighted by Crippen LogP contribution is 2.26. The Balaban J connectivity index is 2.35. The van der Waals surface area contributed by atoms with Gasteiger partial charge in [0.25, 0.3) is 0 Å². The van der Waals surface area contributed by atoms with E-state index in [1.54, 1.807) is 13.0 Å². The Kier molecular flexibility index (Phi) is 3.27. The fourth-order valence-electron chi connectivity index (χ4n) is 1.46. The molecule has 0 aliphatic heterocycles. The van der Waals surface area contributed by atoms with Crippen molar-refractivity contribution in [1.82, 2.24) is 5.16 Å². The van der Waals surface area contributed by atoms with Crippen LogP contribution < -0.4 is 4.74 Å². The molecule has 0 aliphatic rings. The maximum atomic E-state index is 13.8. The number of rotatable bonds is 4. The third-order valence-corrected chi connectivity index (χ3v) is 2.25. The van der Waals surface area contributed by atoms with Crippen molar-refractivity contribution in [1.29, 1.82) is 0 Å². The minimum atomic E-state index is -1.25. The zero-order valence-electron chi connectivity index (χ0n) is 9.51. The molecule has 0 spiro atoms. The van der Waals surface area contributed by atoms with Crippen LogP contribution in [-0.2, 0) is 0 Å². The Morgan fingerprint density at radius 3 is 2.83 bits per heavy atom. The quantitative estimate of drug-likeness (QED) is 0.904. The van der Waals surface area contributed by atoms with Gasteiger partial charge in [-0.3, -0.25) is 0 Å². The van der Waals surface area contributed by atoms with Crippen molar-refractivity contribution < 1.29 is 23.6 Å². The Labute approximate surface area is 102 Å². The van der Waals surface area contributed by atoms with Crippen molar-refractivity contribution >= 4 is 5.97 Å². The van der Waals surface area contributed by atoms with Gasteiger partial charge in [-0.05, 0) is 19.1 Å². The minimum absolute atomic E-state index is 0.132. The van der Waals surface area contributed by atoms with Gasteiger partial charge in [-0.2, -0.15) is 0 Å². The van der Waals surface area contributed by atoms with Crippen molar-refractivity contribution in [2.45, 2.75) is 6.92 Å². The van der Waals surface area contributed by atoms with E-state index in [1.165, 1.54) is 18.2 Å². The molecule has 0 amide bonds. The predicted octanol–water partition coefficient (Wildman–Crippen LogP) is 2.58. The molecule has 2 aromatic rings. The summed E-state index contributed by atoms with van der Waals surface area (Å²) in [6.07, 6.45) is 0. The van der Waals surface area contributed by atoms with Gasteiger partial charge in [-0.25, -0.2) is 9.18 Å². The second-order valence-electron chi connectivity index (χ2n) is 3.46. The van der Waals surface area contributed by atoms with E-state index in [-0.39, 0.29) is 17.0 Å². The molecular weight excluding hydrogens is 241 g/mol. The minimum Gasteiger partial charge on any atom is -0.494 e. The summed E-state index contributed by atoms with van der Waals surface area (Å²) in [5.41, 5.74) is 0.294. The van der Waals surface area contributed by atoms with E-state index < -0.39 is 11.8 Å². The second-order valence-corrected chi connectivity index (χ2v) is 3.46. The van der Waals surface area contributed by atoms with Gasteiger partial charge in [0.05, 0.1) is 6.61 Å². The zero-order chi connectivity index (χ0) is 13.1. The first-order valence-electron chi connectivity index (χ1n) is 5.24. The lowest BCUT2D eigenvalue weighted by Crippen LogP contribution is -1.93. The van der Waals surface area contributed by atoms with Gasteiger partial charge < -0.3 is 14.4 Å². The van der Waals surface area contributed by atoms with Crippen molar-refractivity contribution in [2.75, 3.05) is 6.61 Å². The Morgan fingerprint density at radius 2 is 2.28 bits per heavy atom. The van der Waals surface area contributed by atoms with Gasteiger partial charge in [0, 0.05) is 17.7 Å². The molecule has 18 heavy (non-hydrogen) atoms.